The van der Waals surface area contributed by atoms with E-state index in [9.17, 15) is 4.79 Å². The van der Waals surface area contributed by atoms with Gasteiger partial charge in [0.05, 0.1) is 10.6 Å². The molecular formula is C11H12N4OS. The van der Waals surface area contributed by atoms with E-state index in [0.29, 0.717) is 10.7 Å². The fourth-order valence-electron chi connectivity index (χ4n) is 1.92. The highest BCUT2D eigenvalue weighted by Crippen LogP contribution is 2.21. The van der Waals surface area contributed by atoms with Gasteiger partial charge in [0.1, 0.15) is 0 Å². The molecule has 0 spiro atoms. The Morgan fingerprint density at radius 2 is 2.47 bits per heavy atom. The van der Waals surface area contributed by atoms with E-state index in [-0.39, 0.29) is 5.91 Å². The van der Waals surface area contributed by atoms with Gasteiger partial charge in [-0.15, -0.1) is 11.3 Å². The Labute approximate surface area is 102 Å². The maximum atomic E-state index is 11.9. The molecule has 5 nitrogen and oxygen atoms in total. The quantitative estimate of drug-likeness (QED) is 0.751. The zero-order chi connectivity index (χ0) is 11.7. The molecule has 0 aromatic carbocycles. The lowest BCUT2D eigenvalue weighted by Crippen LogP contribution is -2.24. The summed E-state index contributed by atoms with van der Waals surface area (Å²) in [6.07, 6.45) is 0.895. The highest BCUT2D eigenvalue weighted by molar-refractivity contribution is 7.12. The number of rotatable bonds is 2. The van der Waals surface area contributed by atoms with Crippen molar-refractivity contribution in [3.05, 3.63) is 33.6 Å². The first-order chi connectivity index (χ1) is 8.34. The molecule has 3 N–H and O–H groups in total. The summed E-state index contributed by atoms with van der Waals surface area (Å²) in [7, 11) is 0. The molecule has 0 fully saturated rings. The van der Waals surface area contributed by atoms with Gasteiger partial charge in [0.25, 0.3) is 5.91 Å². The van der Waals surface area contributed by atoms with Crippen molar-refractivity contribution in [2.45, 2.75) is 13.0 Å². The highest BCUT2D eigenvalue weighted by atomic mass is 32.1. The summed E-state index contributed by atoms with van der Waals surface area (Å²) in [5, 5.41) is 15.1. The Kier molecular flexibility index (Phi) is 2.66. The van der Waals surface area contributed by atoms with Crippen LogP contribution in [0.1, 0.15) is 20.9 Å². The summed E-state index contributed by atoms with van der Waals surface area (Å²) in [5.41, 5.74) is 2.19. The van der Waals surface area contributed by atoms with Crippen LogP contribution >= 0.6 is 11.3 Å². The molecule has 1 aliphatic heterocycles. The van der Waals surface area contributed by atoms with Crippen LogP contribution in [0, 0.1) is 0 Å². The molecular weight excluding hydrogens is 236 g/mol. The predicted octanol–water partition coefficient (Wildman–Crippen LogP) is 1.37. The third kappa shape index (κ3) is 1.96. The van der Waals surface area contributed by atoms with Crippen molar-refractivity contribution < 1.29 is 4.79 Å². The molecule has 1 aliphatic rings. The Bertz CT molecular complexity index is 532. The van der Waals surface area contributed by atoms with Crippen LogP contribution < -0.4 is 10.6 Å². The molecule has 3 rings (SSSR count). The third-order valence-corrected chi connectivity index (χ3v) is 3.65. The lowest BCUT2D eigenvalue weighted by atomic mass is 10.1. The topological polar surface area (TPSA) is 69.8 Å². The number of nitrogens with zero attached hydrogens (tertiary/aromatic N) is 1. The van der Waals surface area contributed by atoms with Crippen molar-refractivity contribution in [2.75, 3.05) is 11.9 Å². The molecule has 88 valence electrons. The predicted molar refractivity (Wildman–Crippen MR) is 66.3 cm³/mol. The Balaban J connectivity index is 1.81. The molecule has 0 saturated heterocycles. The number of H-pyrrole nitrogens is 1. The minimum atomic E-state index is -0.0900. The van der Waals surface area contributed by atoms with Crippen LogP contribution in [-0.2, 0) is 13.0 Å². The van der Waals surface area contributed by atoms with Gasteiger partial charge in [-0.2, -0.15) is 5.10 Å². The smallest absolute Gasteiger partial charge is 0.266 e. The molecule has 2 aromatic heterocycles. The SMILES string of the molecule is O=C(Nc1n[nH]c2c1CCNC2)c1cccs1. The van der Waals surface area contributed by atoms with Gasteiger partial charge in [0.2, 0.25) is 0 Å². The van der Waals surface area contributed by atoms with E-state index < -0.39 is 0 Å². The van der Waals surface area contributed by atoms with Gasteiger partial charge in [-0.25, -0.2) is 0 Å². The van der Waals surface area contributed by atoms with Gasteiger partial charge >= 0.3 is 0 Å². The Morgan fingerprint density at radius 3 is 3.29 bits per heavy atom. The van der Waals surface area contributed by atoms with Crippen LogP contribution in [0.25, 0.3) is 0 Å². The highest BCUT2D eigenvalue weighted by Gasteiger charge is 2.18. The zero-order valence-corrected chi connectivity index (χ0v) is 9.93. The van der Waals surface area contributed by atoms with E-state index in [1.54, 1.807) is 6.07 Å². The van der Waals surface area contributed by atoms with Gasteiger partial charge in [0, 0.05) is 12.1 Å². The maximum Gasteiger partial charge on any atom is 0.266 e. The fraction of sp³-hybridized carbons (Fsp3) is 0.273. The molecule has 0 bridgehead atoms. The summed E-state index contributed by atoms with van der Waals surface area (Å²) >= 11 is 1.43. The summed E-state index contributed by atoms with van der Waals surface area (Å²) < 4.78 is 0. The van der Waals surface area contributed by atoms with Crippen LogP contribution in [-0.4, -0.2) is 22.6 Å². The Hall–Kier alpha value is -1.66. The molecule has 0 atom stereocenters. The molecule has 0 aliphatic carbocycles. The van der Waals surface area contributed by atoms with Crippen molar-refractivity contribution in [1.82, 2.24) is 15.5 Å². The van der Waals surface area contributed by atoms with E-state index in [0.717, 1.165) is 30.8 Å². The summed E-state index contributed by atoms with van der Waals surface area (Å²) in [5.74, 6) is 0.577. The maximum absolute atomic E-state index is 11.9. The number of hydrogen-bond donors (Lipinski definition) is 3. The van der Waals surface area contributed by atoms with Crippen molar-refractivity contribution in [1.29, 1.82) is 0 Å². The molecule has 1 amide bonds. The zero-order valence-electron chi connectivity index (χ0n) is 9.12. The average Bonchev–Trinajstić information content (AvgIpc) is 2.98. The van der Waals surface area contributed by atoms with Gasteiger partial charge in [0.15, 0.2) is 5.82 Å². The standard InChI is InChI=1S/C11H12N4OS/c16-11(9-2-1-5-17-9)13-10-7-3-4-12-6-8(7)14-15-10/h1-2,5,12H,3-4,6H2,(H2,13,14,15,16). The number of anilines is 1. The van der Waals surface area contributed by atoms with Gasteiger partial charge in [-0.1, -0.05) is 6.07 Å². The molecule has 0 saturated carbocycles. The van der Waals surface area contributed by atoms with Gasteiger partial charge in [-0.3, -0.25) is 9.89 Å². The number of aromatic nitrogens is 2. The van der Waals surface area contributed by atoms with E-state index in [1.807, 2.05) is 11.4 Å². The van der Waals surface area contributed by atoms with Crippen LogP contribution in [0.4, 0.5) is 5.82 Å². The largest absolute Gasteiger partial charge is 0.311 e. The minimum absolute atomic E-state index is 0.0900. The number of hydrogen-bond acceptors (Lipinski definition) is 4. The van der Waals surface area contributed by atoms with Crippen molar-refractivity contribution in [3.63, 3.8) is 0 Å². The number of fused-ring (bicyclic) bond motifs is 1. The van der Waals surface area contributed by atoms with Gasteiger partial charge in [-0.05, 0) is 24.4 Å². The van der Waals surface area contributed by atoms with Crippen LogP contribution in [0.5, 0.6) is 0 Å². The summed E-state index contributed by atoms with van der Waals surface area (Å²) in [6.45, 7) is 1.71. The first-order valence-corrected chi connectivity index (χ1v) is 6.34. The first-order valence-electron chi connectivity index (χ1n) is 5.46. The number of nitrogens with one attached hydrogen (secondary N) is 3. The molecule has 6 heteroatoms. The number of carbonyl (C=O) groups is 1. The second-order valence-electron chi connectivity index (χ2n) is 3.89. The van der Waals surface area contributed by atoms with Crippen molar-refractivity contribution >= 4 is 23.1 Å². The summed E-state index contributed by atoms with van der Waals surface area (Å²) in [4.78, 5) is 12.6. The average molecular weight is 248 g/mol. The van der Waals surface area contributed by atoms with Crippen LogP contribution in [0.15, 0.2) is 17.5 Å². The van der Waals surface area contributed by atoms with Crippen molar-refractivity contribution in [3.8, 4) is 0 Å². The number of aromatic amines is 1. The van der Waals surface area contributed by atoms with Crippen molar-refractivity contribution in [2.24, 2.45) is 0 Å². The molecule has 0 radical (unpaired) electrons. The van der Waals surface area contributed by atoms with Crippen LogP contribution in [0.2, 0.25) is 0 Å². The normalized spacial score (nSPS) is 14.4. The second kappa shape index (κ2) is 4.31. The fourth-order valence-corrected chi connectivity index (χ4v) is 2.54. The van der Waals surface area contributed by atoms with E-state index >= 15 is 0 Å². The number of thiophene rings is 1. The molecule has 3 heterocycles. The second-order valence-corrected chi connectivity index (χ2v) is 4.84. The number of amides is 1. The van der Waals surface area contributed by atoms with Crippen LogP contribution in [0.3, 0.4) is 0 Å². The third-order valence-electron chi connectivity index (χ3n) is 2.78. The lowest BCUT2D eigenvalue weighted by Gasteiger charge is -2.12. The molecule has 2 aromatic rings. The van der Waals surface area contributed by atoms with E-state index in [4.69, 9.17) is 0 Å². The first kappa shape index (κ1) is 10.5. The minimum Gasteiger partial charge on any atom is -0.311 e. The molecule has 0 unspecified atom stereocenters. The van der Waals surface area contributed by atoms with E-state index in [1.165, 1.54) is 11.3 Å². The Morgan fingerprint density at radius 1 is 1.53 bits per heavy atom. The molecule has 17 heavy (non-hydrogen) atoms. The number of carbonyl (C=O) groups excluding carboxylic acids is 1. The van der Waals surface area contributed by atoms with E-state index in [2.05, 4.69) is 20.8 Å². The lowest BCUT2D eigenvalue weighted by molar-refractivity contribution is 0.103. The van der Waals surface area contributed by atoms with Gasteiger partial charge < -0.3 is 10.6 Å². The summed E-state index contributed by atoms with van der Waals surface area (Å²) in [6, 6.07) is 3.67. The monoisotopic (exact) mass is 248 g/mol.